The molecule has 112 valence electrons. The van der Waals surface area contributed by atoms with Crippen molar-refractivity contribution in [3.05, 3.63) is 11.9 Å². The molecule has 8 heteroatoms. The largest absolute Gasteiger partial charge is 0.393 e. The molecule has 1 aromatic heterocycles. The van der Waals surface area contributed by atoms with Crippen molar-refractivity contribution in [1.29, 1.82) is 0 Å². The molecular weight excluding hydrogens is 271 g/mol. The Morgan fingerprint density at radius 2 is 2.20 bits per heavy atom. The van der Waals surface area contributed by atoms with Crippen molar-refractivity contribution < 1.29 is 13.2 Å². The molecule has 1 aliphatic heterocycles. The predicted molar refractivity (Wildman–Crippen MR) is 70.2 cm³/mol. The number of nitrogens with one attached hydrogen (secondary N) is 1. The van der Waals surface area contributed by atoms with Crippen LogP contribution in [0.15, 0.2) is 6.33 Å². The third-order valence-corrected chi connectivity index (χ3v) is 3.60. The number of anilines is 2. The van der Waals surface area contributed by atoms with Crippen LogP contribution in [0, 0.1) is 5.92 Å². The van der Waals surface area contributed by atoms with E-state index in [2.05, 4.69) is 15.4 Å². The molecule has 1 atom stereocenters. The monoisotopic (exact) mass is 289 g/mol. The molecule has 0 amide bonds. The molecule has 1 saturated heterocycles. The number of halogens is 3. The predicted octanol–water partition coefficient (Wildman–Crippen LogP) is 2.10. The normalized spacial score (nSPS) is 20.1. The highest BCUT2D eigenvalue weighted by Gasteiger charge is 2.42. The van der Waals surface area contributed by atoms with Crippen LogP contribution in [0.5, 0.6) is 0 Å². The molecule has 1 aliphatic rings. The van der Waals surface area contributed by atoms with Crippen LogP contribution in [0.3, 0.4) is 0 Å². The summed E-state index contributed by atoms with van der Waals surface area (Å²) < 4.78 is 38.6. The van der Waals surface area contributed by atoms with Gasteiger partial charge in [-0.15, -0.1) is 0 Å². The molecule has 20 heavy (non-hydrogen) atoms. The minimum absolute atomic E-state index is 0.0580. The molecule has 0 radical (unpaired) electrons. The number of nitrogens with zero attached hydrogens (tertiary/aromatic N) is 3. The Kier molecular flexibility index (Phi) is 4.32. The Hall–Kier alpha value is -1.57. The maximum atomic E-state index is 12.9. The first kappa shape index (κ1) is 14.8. The van der Waals surface area contributed by atoms with Crippen molar-refractivity contribution in [2.75, 3.05) is 23.4 Å². The van der Waals surface area contributed by atoms with Gasteiger partial charge in [0.05, 0.1) is 5.92 Å². The van der Waals surface area contributed by atoms with Gasteiger partial charge in [-0.1, -0.05) is 6.92 Å². The molecule has 0 aromatic carbocycles. The second-order valence-electron chi connectivity index (χ2n) is 4.85. The Morgan fingerprint density at radius 1 is 1.45 bits per heavy atom. The van der Waals surface area contributed by atoms with Gasteiger partial charge in [0.25, 0.3) is 0 Å². The fourth-order valence-electron chi connectivity index (χ4n) is 2.56. The Labute approximate surface area is 115 Å². The first-order chi connectivity index (χ1) is 9.47. The summed E-state index contributed by atoms with van der Waals surface area (Å²) in [5, 5.41) is 0. The summed E-state index contributed by atoms with van der Waals surface area (Å²) in [5.41, 5.74) is 3.22. The lowest BCUT2D eigenvalue weighted by atomic mass is 9.97. The number of hydrazine groups is 1. The number of nitrogen functional groups attached to an aromatic ring is 1. The van der Waals surface area contributed by atoms with Gasteiger partial charge in [0, 0.05) is 18.7 Å². The quantitative estimate of drug-likeness (QED) is 0.659. The molecule has 0 spiro atoms. The van der Waals surface area contributed by atoms with Crippen molar-refractivity contribution in [2.24, 2.45) is 11.8 Å². The lowest BCUT2D eigenvalue weighted by Gasteiger charge is -2.35. The van der Waals surface area contributed by atoms with E-state index in [9.17, 15) is 13.2 Å². The van der Waals surface area contributed by atoms with Crippen molar-refractivity contribution in [3.63, 3.8) is 0 Å². The lowest BCUT2D eigenvalue weighted by molar-refractivity contribution is -0.176. The van der Waals surface area contributed by atoms with Gasteiger partial charge in [-0.2, -0.15) is 13.2 Å². The van der Waals surface area contributed by atoms with Crippen LogP contribution < -0.4 is 16.2 Å². The molecule has 1 fully saturated rings. The zero-order valence-corrected chi connectivity index (χ0v) is 11.2. The van der Waals surface area contributed by atoms with E-state index in [1.54, 1.807) is 4.90 Å². The second kappa shape index (κ2) is 5.82. The van der Waals surface area contributed by atoms with Gasteiger partial charge in [-0.25, -0.2) is 15.8 Å². The highest BCUT2D eigenvalue weighted by molar-refractivity contribution is 5.58. The van der Waals surface area contributed by atoms with Crippen molar-refractivity contribution in [2.45, 2.75) is 32.4 Å². The topological polar surface area (TPSA) is 67.1 Å². The lowest BCUT2D eigenvalue weighted by Crippen LogP contribution is -2.42. The summed E-state index contributed by atoms with van der Waals surface area (Å²) in [6.07, 6.45) is -1.56. The van der Waals surface area contributed by atoms with E-state index in [-0.39, 0.29) is 13.0 Å². The van der Waals surface area contributed by atoms with Crippen LogP contribution in [0.4, 0.5) is 24.8 Å². The van der Waals surface area contributed by atoms with Gasteiger partial charge in [0.15, 0.2) is 0 Å². The van der Waals surface area contributed by atoms with Crippen LogP contribution >= 0.6 is 0 Å². The van der Waals surface area contributed by atoms with E-state index in [0.29, 0.717) is 31.0 Å². The standard InChI is InChI=1S/C12H18F3N5/c1-2-9-10(19-16)17-7-18-11(9)20-5-3-4-8(6-20)12(13,14)15/h7-8H,2-6,16H2,1H3,(H,17,18,19). The van der Waals surface area contributed by atoms with Crippen molar-refractivity contribution in [1.82, 2.24) is 9.97 Å². The number of piperidine rings is 1. The van der Waals surface area contributed by atoms with E-state index in [1.807, 2.05) is 6.92 Å². The molecule has 2 heterocycles. The van der Waals surface area contributed by atoms with Crippen LogP contribution in [0.25, 0.3) is 0 Å². The molecule has 0 bridgehead atoms. The van der Waals surface area contributed by atoms with E-state index in [0.717, 1.165) is 5.56 Å². The number of hydrogen-bond acceptors (Lipinski definition) is 5. The van der Waals surface area contributed by atoms with Crippen molar-refractivity contribution >= 4 is 11.6 Å². The SMILES string of the molecule is CCc1c(NN)ncnc1N1CCCC(C(F)(F)F)C1. The van der Waals surface area contributed by atoms with Crippen LogP contribution in [0.2, 0.25) is 0 Å². The Bertz CT molecular complexity index is 463. The summed E-state index contributed by atoms with van der Waals surface area (Å²) in [6.45, 7) is 2.41. The third-order valence-electron chi connectivity index (χ3n) is 3.60. The van der Waals surface area contributed by atoms with Gasteiger partial charge in [-0.05, 0) is 19.3 Å². The number of rotatable bonds is 3. The van der Waals surface area contributed by atoms with Gasteiger partial charge in [0.2, 0.25) is 0 Å². The van der Waals surface area contributed by atoms with E-state index < -0.39 is 12.1 Å². The molecule has 0 aliphatic carbocycles. The van der Waals surface area contributed by atoms with E-state index in [1.165, 1.54) is 6.33 Å². The van der Waals surface area contributed by atoms with E-state index in [4.69, 9.17) is 5.84 Å². The highest BCUT2D eigenvalue weighted by Crippen LogP contribution is 2.35. The fourth-order valence-corrected chi connectivity index (χ4v) is 2.56. The molecule has 1 unspecified atom stereocenters. The van der Waals surface area contributed by atoms with Gasteiger partial charge < -0.3 is 10.3 Å². The number of alkyl halides is 3. The first-order valence-corrected chi connectivity index (χ1v) is 6.59. The highest BCUT2D eigenvalue weighted by atomic mass is 19.4. The fraction of sp³-hybridized carbons (Fsp3) is 0.667. The average molecular weight is 289 g/mol. The maximum Gasteiger partial charge on any atom is 0.393 e. The smallest absolute Gasteiger partial charge is 0.356 e. The molecule has 5 nitrogen and oxygen atoms in total. The average Bonchev–Trinajstić information content (AvgIpc) is 2.45. The molecule has 0 saturated carbocycles. The zero-order valence-electron chi connectivity index (χ0n) is 11.2. The minimum Gasteiger partial charge on any atom is -0.356 e. The third kappa shape index (κ3) is 2.95. The number of hydrogen-bond donors (Lipinski definition) is 2. The molecule has 3 N–H and O–H groups in total. The van der Waals surface area contributed by atoms with Gasteiger partial charge >= 0.3 is 6.18 Å². The number of nitrogens with two attached hydrogens (primary N) is 1. The molecular formula is C12H18F3N5. The maximum absolute atomic E-state index is 12.9. The second-order valence-corrected chi connectivity index (χ2v) is 4.85. The van der Waals surface area contributed by atoms with Crippen LogP contribution in [-0.4, -0.2) is 29.2 Å². The minimum atomic E-state index is -4.16. The van der Waals surface area contributed by atoms with Crippen LogP contribution in [0.1, 0.15) is 25.3 Å². The number of aromatic nitrogens is 2. The summed E-state index contributed by atoms with van der Waals surface area (Å²) in [4.78, 5) is 9.83. The summed E-state index contributed by atoms with van der Waals surface area (Å²) in [5.74, 6) is 5.09. The van der Waals surface area contributed by atoms with Crippen LogP contribution in [-0.2, 0) is 6.42 Å². The summed E-state index contributed by atoms with van der Waals surface area (Å²) in [7, 11) is 0. The first-order valence-electron chi connectivity index (χ1n) is 6.59. The Balaban J connectivity index is 2.27. The van der Waals surface area contributed by atoms with Gasteiger partial charge in [-0.3, -0.25) is 0 Å². The Morgan fingerprint density at radius 3 is 2.80 bits per heavy atom. The summed E-state index contributed by atoms with van der Waals surface area (Å²) >= 11 is 0. The summed E-state index contributed by atoms with van der Waals surface area (Å²) in [6, 6.07) is 0. The zero-order chi connectivity index (χ0) is 14.8. The van der Waals surface area contributed by atoms with E-state index >= 15 is 0 Å². The van der Waals surface area contributed by atoms with Crippen molar-refractivity contribution in [3.8, 4) is 0 Å². The molecule has 2 rings (SSSR count). The molecule has 1 aromatic rings. The van der Waals surface area contributed by atoms with Gasteiger partial charge in [0.1, 0.15) is 18.0 Å².